The third-order valence-corrected chi connectivity index (χ3v) is 11.0. The van der Waals surface area contributed by atoms with Gasteiger partial charge in [0.1, 0.15) is 5.82 Å². The van der Waals surface area contributed by atoms with Crippen LogP contribution in [-0.2, 0) is 51.1 Å². The molecule has 4 N–H and O–H groups in total. The number of likely N-dealkylation sites (N-methyl/N-ethyl adjacent to an activating group) is 1. The standard InChI is InChI=1S/C42H60N8O8S/c1-32-9-7-11-36(35(32)28-50(31-52)33(2)13-14-38(53)45-30-51)47-39(54)29-49(3)19-21-57-23-25-58-24-22-56-20-17-43-40(55)42(15-5-4-6-16-42)27-34-10-8-12-37(46-34)48-41-44-18-26-59-41/h7-12,18,26,30-31,33H,4-6,13-17,19-25,27-29H2,1-3H3,(H,43,55)(H,47,54)(H,44,46,48)(H,45,51,53). The lowest BCUT2D eigenvalue weighted by atomic mass is 9.70. The molecule has 0 radical (unpaired) electrons. The summed E-state index contributed by atoms with van der Waals surface area (Å²) in [5.74, 6) is 0.175. The number of thiazole rings is 1. The maximum atomic E-state index is 13.5. The number of amides is 5. The Morgan fingerprint density at radius 3 is 2.39 bits per heavy atom. The molecule has 2 aromatic heterocycles. The van der Waals surface area contributed by atoms with E-state index in [1.165, 1.54) is 11.3 Å². The van der Waals surface area contributed by atoms with Crippen molar-refractivity contribution in [2.75, 3.05) is 77.0 Å². The quantitative estimate of drug-likeness (QED) is 0.0603. The number of carbonyl (C=O) groups excluding carboxylic acids is 5. The summed E-state index contributed by atoms with van der Waals surface area (Å²) in [6.07, 6.45) is 8.75. The van der Waals surface area contributed by atoms with Crippen molar-refractivity contribution in [2.24, 2.45) is 5.41 Å². The molecule has 16 nitrogen and oxygen atoms in total. The summed E-state index contributed by atoms with van der Waals surface area (Å²) in [7, 11) is 1.83. The van der Waals surface area contributed by atoms with Crippen LogP contribution in [0.15, 0.2) is 48.0 Å². The van der Waals surface area contributed by atoms with E-state index in [4.69, 9.17) is 19.2 Å². The van der Waals surface area contributed by atoms with Gasteiger partial charge in [-0.2, -0.15) is 0 Å². The Bertz CT molecular complexity index is 1760. The molecule has 5 amide bonds. The molecule has 2 heterocycles. The molecule has 59 heavy (non-hydrogen) atoms. The number of hydrogen-bond donors (Lipinski definition) is 4. The lowest BCUT2D eigenvalue weighted by molar-refractivity contribution is -0.133. The first kappa shape index (κ1) is 46.9. The van der Waals surface area contributed by atoms with Gasteiger partial charge in [0.15, 0.2) is 5.13 Å². The Balaban J connectivity index is 1.05. The van der Waals surface area contributed by atoms with E-state index in [0.717, 1.165) is 66.3 Å². The molecule has 1 saturated carbocycles. The molecule has 1 unspecified atom stereocenters. The molecule has 322 valence electrons. The highest BCUT2D eigenvalue weighted by atomic mass is 32.1. The van der Waals surface area contributed by atoms with Crippen LogP contribution in [-0.4, -0.2) is 123 Å². The minimum Gasteiger partial charge on any atom is -0.378 e. The lowest BCUT2D eigenvalue weighted by Gasteiger charge is -2.35. The first-order chi connectivity index (χ1) is 28.6. The van der Waals surface area contributed by atoms with E-state index < -0.39 is 11.3 Å². The highest BCUT2D eigenvalue weighted by molar-refractivity contribution is 7.13. The number of aryl methyl sites for hydroxylation is 1. The molecule has 4 rings (SSSR count). The van der Waals surface area contributed by atoms with Crippen LogP contribution in [0.1, 0.15) is 68.7 Å². The lowest BCUT2D eigenvalue weighted by Crippen LogP contribution is -2.45. The van der Waals surface area contributed by atoms with E-state index >= 15 is 0 Å². The first-order valence-electron chi connectivity index (χ1n) is 20.3. The molecule has 0 spiro atoms. The van der Waals surface area contributed by atoms with Crippen molar-refractivity contribution in [3.8, 4) is 0 Å². The molecule has 0 aliphatic heterocycles. The number of aromatic nitrogens is 2. The minimum atomic E-state index is -0.481. The SMILES string of the molecule is Cc1cccc(NC(=O)CN(C)CCOCCOCCOCCNC(=O)C2(Cc3cccc(Nc4nccs4)n3)CCCCC2)c1CN(C=O)C(C)CCC(=O)NC=O. The van der Waals surface area contributed by atoms with E-state index in [1.807, 2.05) is 61.5 Å². The zero-order valence-corrected chi connectivity index (χ0v) is 35.4. The summed E-state index contributed by atoms with van der Waals surface area (Å²) in [6, 6.07) is 11.2. The first-order valence-corrected chi connectivity index (χ1v) is 21.2. The molecular formula is C42H60N8O8S. The predicted molar refractivity (Wildman–Crippen MR) is 226 cm³/mol. The number of hydrogen-bond acceptors (Lipinski definition) is 13. The van der Waals surface area contributed by atoms with Crippen molar-refractivity contribution in [3.05, 3.63) is 64.8 Å². The topological polar surface area (TPSA) is 193 Å². The average Bonchev–Trinajstić information content (AvgIpc) is 3.73. The van der Waals surface area contributed by atoms with Crippen LogP contribution < -0.4 is 21.3 Å². The van der Waals surface area contributed by atoms with Crippen LogP contribution in [0.4, 0.5) is 16.6 Å². The molecule has 0 saturated heterocycles. The number of imide groups is 1. The van der Waals surface area contributed by atoms with E-state index in [1.54, 1.807) is 17.2 Å². The van der Waals surface area contributed by atoms with Crippen LogP contribution >= 0.6 is 11.3 Å². The third kappa shape index (κ3) is 16.4. The van der Waals surface area contributed by atoms with Crippen molar-refractivity contribution < 1.29 is 38.2 Å². The Morgan fingerprint density at radius 1 is 0.949 bits per heavy atom. The van der Waals surface area contributed by atoms with Crippen LogP contribution in [0, 0.1) is 12.3 Å². The van der Waals surface area contributed by atoms with Crippen LogP contribution in [0.2, 0.25) is 0 Å². The highest BCUT2D eigenvalue weighted by Crippen LogP contribution is 2.39. The van der Waals surface area contributed by atoms with Gasteiger partial charge in [0.25, 0.3) is 0 Å². The second kappa shape index (κ2) is 25.6. The maximum Gasteiger partial charge on any atom is 0.238 e. The number of pyridine rings is 1. The van der Waals surface area contributed by atoms with Gasteiger partial charge in [0.2, 0.25) is 30.5 Å². The minimum absolute atomic E-state index is 0.0591. The molecule has 1 aliphatic carbocycles. The van der Waals surface area contributed by atoms with Crippen molar-refractivity contribution in [1.29, 1.82) is 0 Å². The monoisotopic (exact) mass is 836 g/mol. The van der Waals surface area contributed by atoms with Crippen LogP contribution in [0.25, 0.3) is 0 Å². The molecular weight excluding hydrogens is 777 g/mol. The number of ether oxygens (including phenoxy) is 3. The van der Waals surface area contributed by atoms with Gasteiger partial charge in [0.05, 0.1) is 51.6 Å². The van der Waals surface area contributed by atoms with E-state index in [-0.39, 0.29) is 37.4 Å². The fourth-order valence-corrected chi connectivity index (χ4v) is 7.49. The number of benzene rings is 1. The van der Waals surface area contributed by atoms with Gasteiger partial charge in [0, 0.05) is 61.5 Å². The summed E-state index contributed by atoms with van der Waals surface area (Å²) < 4.78 is 17.0. The summed E-state index contributed by atoms with van der Waals surface area (Å²) in [5.41, 5.74) is 2.74. The Morgan fingerprint density at radius 2 is 1.68 bits per heavy atom. The van der Waals surface area contributed by atoms with E-state index in [9.17, 15) is 24.0 Å². The highest BCUT2D eigenvalue weighted by Gasteiger charge is 2.39. The molecule has 3 aromatic rings. The zero-order valence-electron chi connectivity index (χ0n) is 34.5. The van der Waals surface area contributed by atoms with Gasteiger partial charge in [-0.1, -0.05) is 37.5 Å². The van der Waals surface area contributed by atoms with Crippen molar-refractivity contribution in [3.63, 3.8) is 0 Å². The largest absolute Gasteiger partial charge is 0.378 e. The summed E-state index contributed by atoms with van der Waals surface area (Å²) in [4.78, 5) is 73.1. The summed E-state index contributed by atoms with van der Waals surface area (Å²) >= 11 is 1.51. The number of rotatable bonds is 28. The zero-order chi connectivity index (χ0) is 42.3. The average molecular weight is 837 g/mol. The molecule has 17 heteroatoms. The van der Waals surface area contributed by atoms with E-state index in [2.05, 4.69) is 26.3 Å². The molecule has 1 fully saturated rings. The fraction of sp³-hybridized carbons (Fsp3) is 0.548. The number of anilines is 3. The maximum absolute atomic E-state index is 13.5. The van der Waals surface area contributed by atoms with Gasteiger partial charge < -0.3 is 35.1 Å². The number of nitrogens with one attached hydrogen (secondary N) is 4. The van der Waals surface area contributed by atoms with Gasteiger partial charge in [-0.25, -0.2) is 9.97 Å². The third-order valence-electron chi connectivity index (χ3n) is 10.3. The fourth-order valence-electron chi connectivity index (χ4n) is 6.95. The summed E-state index contributed by atoms with van der Waals surface area (Å²) in [5, 5.41) is 14.1. The molecule has 1 aromatic carbocycles. The van der Waals surface area contributed by atoms with Gasteiger partial charge in [-0.05, 0) is 69.5 Å². The number of nitrogens with zero attached hydrogens (tertiary/aromatic N) is 4. The van der Waals surface area contributed by atoms with E-state index in [0.29, 0.717) is 77.7 Å². The second-order valence-electron chi connectivity index (χ2n) is 14.8. The predicted octanol–water partition coefficient (Wildman–Crippen LogP) is 4.22. The molecule has 1 atom stereocenters. The molecule has 1 aliphatic rings. The Hall–Kier alpha value is -4.81. The van der Waals surface area contributed by atoms with Gasteiger partial charge in [-0.3, -0.25) is 34.2 Å². The van der Waals surface area contributed by atoms with Crippen LogP contribution in [0.3, 0.4) is 0 Å². The summed E-state index contributed by atoms with van der Waals surface area (Å²) in [6.45, 7) is 7.51. The Kier molecular flexibility index (Phi) is 20.4. The van der Waals surface area contributed by atoms with Crippen molar-refractivity contribution >= 4 is 58.5 Å². The molecule has 0 bridgehead atoms. The number of carbonyl (C=O) groups is 5. The normalized spacial score (nSPS) is 14.0. The van der Waals surface area contributed by atoms with Crippen molar-refractivity contribution in [1.82, 2.24) is 30.4 Å². The van der Waals surface area contributed by atoms with Crippen molar-refractivity contribution in [2.45, 2.75) is 77.8 Å². The smallest absolute Gasteiger partial charge is 0.238 e. The van der Waals surface area contributed by atoms with Gasteiger partial charge in [-0.15, -0.1) is 11.3 Å². The Labute approximate surface area is 351 Å². The van der Waals surface area contributed by atoms with Gasteiger partial charge >= 0.3 is 0 Å². The second-order valence-corrected chi connectivity index (χ2v) is 15.7. The van der Waals surface area contributed by atoms with Crippen LogP contribution in [0.5, 0.6) is 0 Å².